The number of rotatable bonds is 5. The summed E-state index contributed by atoms with van der Waals surface area (Å²) in [5.41, 5.74) is 6.01. The molecule has 0 saturated carbocycles. The Morgan fingerprint density at radius 1 is 1.36 bits per heavy atom. The molecule has 0 aliphatic carbocycles. The minimum absolute atomic E-state index is 0.0807. The lowest BCUT2D eigenvalue weighted by Gasteiger charge is -2.15. The van der Waals surface area contributed by atoms with E-state index in [0.717, 1.165) is 5.56 Å². The van der Waals surface area contributed by atoms with Gasteiger partial charge in [-0.15, -0.1) is 0 Å². The Bertz CT molecular complexity index is 667. The van der Waals surface area contributed by atoms with Gasteiger partial charge in [-0.2, -0.15) is 4.98 Å². The first-order chi connectivity index (χ1) is 10.4. The summed E-state index contributed by atoms with van der Waals surface area (Å²) in [4.78, 5) is 27.0. The maximum atomic E-state index is 11.8. The zero-order valence-electron chi connectivity index (χ0n) is 11.7. The fourth-order valence-electron chi connectivity index (χ4n) is 1.73. The number of anilines is 1. The van der Waals surface area contributed by atoms with Crippen LogP contribution in [0.3, 0.4) is 0 Å². The summed E-state index contributed by atoms with van der Waals surface area (Å²) < 4.78 is 4.73. The summed E-state index contributed by atoms with van der Waals surface area (Å²) >= 11 is 0. The molecule has 0 radical (unpaired) electrons. The van der Waals surface area contributed by atoms with Crippen molar-refractivity contribution in [3.05, 3.63) is 35.7 Å². The van der Waals surface area contributed by atoms with E-state index in [9.17, 15) is 14.7 Å². The van der Waals surface area contributed by atoms with E-state index in [-0.39, 0.29) is 18.2 Å². The topological polar surface area (TPSA) is 143 Å². The van der Waals surface area contributed by atoms with Crippen LogP contribution in [0.15, 0.2) is 28.8 Å². The first kappa shape index (κ1) is 15.3. The van der Waals surface area contributed by atoms with Gasteiger partial charge in [0.05, 0.1) is 0 Å². The molecule has 0 spiro atoms. The number of nitrogens with two attached hydrogens (primary N) is 1. The van der Waals surface area contributed by atoms with Crippen LogP contribution in [-0.2, 0) is 11.2 Å². The number of aryl methyl sites for hydroxylation is 1. The number of phenols is 1. The van der Waals surface area contributed by atoms with Gasteiger partial charge in [0.2, 0.25) is 5.91 Å². The van der Waals surface area contributed by atoms with Crippen LogP contribution in [0.5, 0.6) is 5.75 Å². The Labute approximate surface area is 125 Å². The number of phenolic OH excluding ortho intramolecular Hbond substituents is 1. The van der Waals surface area contributed by atoms with Crippen LogP contribution in [-0.4, -0.2) is 33.2 Å². The standard InChI is InChI=1S/C13H15N5O4/c1-7-15-13(22-18-7)17-12(21)16-10(11(14)20)6-8-2-4-9(19)5-3-8/h2-5,10,19H,6H2,1H3,(H2,14,20)(H2,15,16,17,18,21)/t10-/m0/s1. The average Bonchev–Trinajstić information content (AvgIpc) is 2.85. The Kier molecular flexibility index (Phi) is 4.57. The molecule has 0 saturated heterocycles. The number of urea groups is 1. The number of carbonyl (C=O) groups excluding carboxylic acids is 2. The SMILES string of the molecule is Cc1noc(NC(=O)N[C@@H](Cc2ccc(O)cc2)C(N)=O)n1. The summed E-state index contributed by atoms with van der Waals surface area (Å²) in [5.74, 6) is -0.215. The van der Waals surface area contributed by atoms with Crippen molar-refractivity contribution in [2.45, 2.75) is 19.4 Å². The Morgan fingerprint density at radius 3 is 2.59 bits per heavy atom. The minimum atomic E-state index is -0.923. The number of aromatic nitrogens is 2. The summed E-state index contributed by atoms with van der Waals surface area (Å²) in [6, 6.07) is 4.53. The number of carbonyl (C=O) groups is 2. The lowest BCUT2D eigenvalue weighted by Crippen LogP contribution is -2.47. The van der Waals surface area contributed by atoms with Gasteiger partial charge < -0.3 is 20.7 Å². The van der Waals surface area contributed by atoms with Gasteiger partial charge in [0.25, 0.3) is 0 Å². The summed E-state index contributed by atoms with van der Waals surface area (Å²) in [6.45, 7) is 1.60. The highest BCUT2D eigenvalue weighted by Gasteiger charge is 2.19. The highest BCUT2D eigenvalue weighted by molar-refractivity contribution is 5.92. The third-order valence-corrected chi connectivity index (χ3v) is 2.77. The van der Waals surface area contributed by atoms with Crippen LogP contribution in [0.2, 0.25) is 0 Å². The third-order valence-electron chi connectivity index (χ3n) is 2.77. The van der Waals surface area contributed by atoms with Crippen molar-refractivity contribution in [3.63, 3.8) is 0 Å². The number of amides is 3. The molecule has 0 aliphatic heterocycles. The van der Waals surface area contributed by atoms with Gasteiger partial charge in [0, 0.05) is 6.42 Å². The molecule has 0 unspecified atom stereocenters. The summed E-state index contributed by atoms with van der Waals surface area (Å²) in [7, 11) is 0. The molecule has 0 bridgehead atoms. The van der Waals surface area contributed by atoms with Crippen molar-refractivity contribution in [2.75, 3.05) is 5.32 Å². The lowest BCUT2D eigenvalue weighted by molar-refractivity contribution is -0.119. The molecule has 2 aromatic rings. The molecular formula is C13H15N5O4. The molecule has 1 heterocycles. The van der Waals surface area contributed by atoms with Gasteiger partial charge in [-0.25, -0.2) is 4.79 Å². The number of primary amides is 1. The number of benzene rings is 1. The molecule has 116 valence electrons. The van der Waals surface area contributed by atoms with Gasteiger partial charge in [0.1, 0.15) is 11.8 Å². The Morgan fingerprint density at radius 2 is 2.05 bits per heavy atom. The second kappa shape index (κ2) is 6.57. The number of nitrogens with one attached hydrogen (secondary N) is 2. The van der Waals surface area contributed by atoms with E-state index in [1.165, 1.54) is 12.1 Å². The molecule has 2 rings (SSSR count). The van der Waals surface area contributed by atoms with Crippen molar-refractivity contribution in [1.82, 2.24) is 15.5 Å². The molecule has 9 nitrogen and oxygen atoms in total. The first-order valence-corrected chi connectivity index (χ1v) is 6.39. The predicted molar refractivity (Wildman–Crippen MR) is 76.0 cm³/mol. The first-order valence-electron chi connectivity index (χ1n) is 6.39. The van der Waals surface area contributed by atoms with Crippen LogP contribution in [0.1, 0.15) is 11.4 Å². The number of hydrogen-bond donors (Lipinski definition) is 4. The maximum Gasteiger partial charge on any atom is 0.329 e. The average molecular weight is 305 g/mol. The van der Waals surface area contributed by atoms with Crippen LogP contribution in [0, 0.1) is 6.92 Å². The predicted octanol–water partition coefficient (Wildman–Crippen LogP) is 0.302. The third kappa shape index (κ3) is 4.20. The zero-order chi connectivity index (χ0) is 16.1. The van der Waals surface area contributed by atoms with Gasteiger partial charge in [0.15, 0.2) is 5.82 Å². The van der Waals surface area contributed by atoms with Crippen LogP contribution in [0.25, 0.3) is 0 Å². The highest BCUT2D eigenvalue weighted by atomic mass is 16.5. The molecule has 5 N–H and O–H groups in total. The molecule has 0 fully saturated rings. The van der Waals surface area contributed by atoms with Crippen LogP contribution < -0.4 is 16.4 Å². The smallest absolute Gasteiger partial charge is 0.329 e. The molecule has 3 amide bonds. The summed E-state index contributed by atoms with van der Waals surface area (Å²) in [5, 5.41) is 17.5. The van der Waals surface area contributed by atoms with Crippen molar-refractivity contribution in [2.24, 2.45) is 5.73 Å². The van der Waals surface area contributed by atoms with Gasteiger partial charge >= 0.3 is 12.0 Å². The fourth-order valence-corrected chi connectivity index (χ4v) is 1.73. The quantitative estimate of drug-likeness (QED) is 0.625. The molecule has 22 heavy (non-hydrogen) atoms. The minimum Gasteiger partial charge on any atom is -0.508 e. The van der Waals surface area contributed by atoms with E-state index in [1.807, 2.05) is 0 Å². The van der Waals surface area contributed by atoms with Crippen molar-refractivity contribution < 1.29 is 19.2 Å². The van der Waals surface area contributed by atoms with Gasteiger partial charge in [-0.1, -0.05) is 17.3 Å². The highest BCUT2D eigenvalue weighted by Crippen LogP contribution is 2.11. The molecular weight excluding hydrogens is 290 g/mol. The van der Waals surface area contributed by atoms with Crippen LogP contribution in [0.4, 0.5) is 10.8 Å². The largest absolute Gasteiger partial charge is 0.508 e. The van der Waals surface area contributed by atoms with Gasteiger partial charge in [-0.05, 0) is 24.6 Å². The second-order valence-corrected chi connectivity index (χ2v) is 4.57. The van der Waals surface area contributed by atoms with Crippen molar-refractivity contribution in [3.8, 4) is 5.75 Å². The normalized spacial score (nSPS) is 11.7. The van der Waals surface area contributed by atoms with E-state index < -0.39 is 18.0 Å². The van der Waals surface area contributed by atoms with E-state index in [0.29, 0.717) is 5.82 Å². The second-order valence-electron chi connectivity index (χ2n) is 4.57. The lowest BCUT2D eigenvalue weighted by atomic mass is 10.1. The number of hydrogen-bond acceptors (Lipinski definition) is 6. The number of aromatic hydroxyl groups is 1. The molecule has 9 heteroatoms. The van der Waals surface area contributed by atoms with E-state index in [2.05, 4.69) is 20.8 Å². The van der Waals surface area contributed by atoms with E-state index in [4.69, 9.17) is 10.3 Å². The van der Waals surface area contributed by atoms with E-state index >= 15 is 0 Å². The van der Waals surface area contributed by atoms with E-state index in [1.54, 1.807) is 19.1 Å². The van der Waals surface area contributed by atoms with Crippen molar-refractivity contribution in [1.29, 1.82) is 0 Å². The van der Waals surface area contributed by atoms with Gasteiger partial charge in [-0.3, -0.25) is 10.1 Å². The molecule has 1 atom stereocenters. The maximum absolute atomic E-state index is 11.8. The molecule has 1 aromatic carbocycles. The fraction of sp³-hybridized carbons (Fsp3) is 0.231. The Hall–Kier alpha value is -3.10. The van der Waals surface area contributed by atoms with Crippen molar-refractivity contribution >= 4 is 18.0 Å². The Balaban J connectivity index is 1.97. The summed E-state index contributed by atoms with van der Waals surface area (Å²) in [6.07, 6.45) is 0.186. The zero-order valence-corrected chi connectivity index (χ0v) is 11.7. The number of nitrogens with zero attached hydrogens (tertiary/aromatic N) is 2. The van der Waals surface area contributed by atoms with Crippen LogP contribution >= 0.6 is 0 Å². The molecule has 1 aromatic heterocycles. The molecule has 0 aliphatic rings. The monoisotopic (exact) mass is 305 g/mol.